The van der Waals surface area contributed by atoms with Crippen molar-refractivity contribution in [1.29, 1.82) is 0 Å². The molecule has 3 nitrogen and oxygen atoms in total. The summed E-state index contributed by atoms with van der Waals surface area (Å²) in [6.45, 7) is 4.96. The number of rotatable bonds is 3. The number of aromatic nitrogens is 1. The smallest absolute Gasteiger partial charge is 0.138 e. The standard InChI is InChI=1S/C15H24N2O/c1-11-13(12(2)18-17-11)10-16-14-6-9-15(14)7-4-3-5-8-15/h14,16H,3-10H2,1-2H3. The number of aryl methyl sites for hydroxylation is 2. The zero-order valence-corrected chi connectivity index (χ0v) is 11.6. The highest BCUT2D eigenvalue weighted by Crippen LogP contribution is 2.51. The molecule has 3 heteroatoms. The van der Waals surface area contributed by atoms with Crippen molar-refractivity contribution < 1.29 is 4.52 Å². The van der Waals surface area contributed by atoms with Gasteiger partial charge < -0.3 is 9.84 Å². The molecular formula is C15H24N2O. The first-order chi connectivity index (χ1) is 8.71. The normalized spacial score (nSPS) is 26.2. The van der Waals surface area contributed by atoms with Crippen LogP contribution in [0.25, 0.3) is 0 Å². The average molecular weight is 248 g/mol. The summed E-state index contributed by atoms with van der Waals surface area (Å²) in [5.74, 6) is 0.969. The summed E-state index contributed by atoms with van der Waals surface area (Å²) in [6.07, 6.45) is 9.97. The van der Waals surface area contributed by atoms with Gasteiger partial charge in [-0.25, -0.2) is 0 Å². The van der Waals surface area contributed by atoms with E-state index in [0.717, 1.165) is 24.0 Å². The quantitative estimate of drug-likeness (QED) is 0.889. The van der Waals surface area contributed by atoms with E-state index in [9.17, 15) is 0 Å². The maximum atomic E-state index is 5.23. The third kappa shape index (κ3) is 1.99. The molecule has 0 amide bonds. The summed E-state index contributed by atoms with van der Waals surface area (Å²) in [6, 6.07) is 0.728. The molecule has 2 fully saturated rings. The lowest BCUT2D eigenvalue weighted by atomic mass is 9.57. The number of hydrogen-bond donors (Lipinski definition) is 1. The monoisotopic (exact) mass is 248 g/mol. The van der Waals surface area contributed by atoms with Crippen molar-refractivity contribution in [3.63, 3.8) is 0 Å². The third-order valence-corrected chi connectivity index (χ3v) is 5.23. The van der Waals surface area contributed by atoms with Crippen LogP contribution in [0.2, 0.25) is 0 Å². The fourth-order valence-electron chi connectivity index (χ4n) is 3.85. The summed E-state index contributed by atoms with van der Waals surface area (Å²) in [7, 11) is 0. The minimum Gasteiger partial charge on any atom is -0.361 e. The Bertz CT molecular complexity index is 399. The van der Waals surface area contributed by atoms with Gasteiger partial charge in [-0.1, -0.05) is 24.4 Å². The lowest BCUT2D eigenvalue weighted by Crippen LogP contribution is -2.54. The van der Waals surface area contributed by atoms with Gasteiger partial charge in [-0.05, 0) is 44.9 Å². The Hall–Kier alpha value is -0.830. The highest BCUT2D eigenvalue weighted by Gasteiger charge is 2.46. The molecule has 1 N–H and O–H groups in total. The second-order valence-electron chi connectivity index (χ2n) is 6.20. The van der Waals surface area contributed by atoms with Crippen LogP contribution in [0.5, 0.6) is 0 Å². The van der Waals surface area contributed by atoms with E-state index in [-0.39, 0.29) is 0 Å². The minimum absolute atomic E-state index is 0.636. The summed E-state index contributed by atoms with van der Waals surface area (Å²) in [4.78, 5) is 0. The largest absolute Gasteiger partial charge is 0.361 e. The zero-order valence-electron chi connectivity index (χ0n) is 11.6. The molecule has 1 spiro atoms. The van der Waals surface area contributed by atoms with E-state index in [1.165, 1.54) is 50.5 Å². The van der Waals surface area contributed by atoms with Crippen molar-refractivity contribution in [1.82, 2.24) is 10.5 Å². The Kier molecular flexibility index (Phi) is 3.18. The Labute approximate surface area is 109 Å². The van der Waals surface area contributed by atoms with E-state index >= 15 is 0 Å². The lowest BCUT2D eigenvalue weighted by Gasteiger charge is -2.52. The van der Waals surface area contributed by atoms with Crippen LogP contribution in [0.4, 0.5) is 0 Å². The van der Waals surface area contributed by atoms with E-state index in [1.54, 1.807) is 0 Å². The van der Waals surface area contributed by atoms with E-state index in [0.29, 0.717) is 5.41 Å². The molecule has 3 rings (SSSR count). The van der Waals surface area contributed by atoms with Gasteiger partial charge in [-0.2, -0.15) is 0 Å². The average Bonchev–Trinajstić information content (AvgIpc) is 2.70. The van der Waals surface area contributed by atoms with E-state index in [4.69, 9.17) is 4.52 Å². The van der Waals surface area contributed by atoms with E-state index in [2.05, 4.69) is 10.5 Å². The van der Waals surface area contributed by atoms with Gasteiger partial charge in [-0.15, -0.1) is 0 Å². The molecule has 1 aromatic heterocycles. The summed E-state index contributed by atoms with van der Waals surface area (Å²) in [5.41, 5.74) is 2.93. The first-order valence-corrected chi connectivity index (χ1v) is 7.36. The first-order valence-electron chi connectivity index (χ1n) is 7.36. The second kappa shape index (κ2) is 4.69. The summed E-state index contributed by atoms with van der Waals surface area (Å²) < 4.78 is 5.23. The number of hydrogen-bond acceptors (Lipinski definition) is 3. The predicted octanol–water partition coefficient (Wildman–Crippen LogP) is 3.49. The Morgan fingerprint density at radius 2 is 2.00 bits per heavy atom. The molecule has 1 aromatic rings. The van der Waals surface area contributed by atoms with Crippen molar-refractivity contribution in [2.45, 2.75) is 71.4 Å². The molecule has 1 unspecified atom stereocenters. The third-order valence-electron chi connectivity index (χ3n) is 5.23. The van der Waals surface area contributed by atoms with Gasteiger partial charge in [0.2, 0.25) is 0 Å². The molecule has 2 aliphatic carbocycles. The van der Waals surface area contributed by atoms with Crippen LogP contribution in [-0.2, 0) is 6.54 Å². The molecule has 1 atom stereocenters. The maximum absolute atomic E-state index is 5.23. The van der Waals surface area contributed by atoms with Crippen molar-refractivity contribution >= 4 is 0 Å². The number of nitrogens with zero attached hydrogens (tertiary/aromatic N) is 1. The van der Waals surface area contributed by atoms with Crippen LogP contribution in [0.15, 0.2) is 4.52 Å². The molecule has 0 bridgehead atoms. The van der Waals surface area contributed by atoms with E-state index < -0.39 is 0 Å². The van der Waals surface area contributed by atoms with Gasteiger partial charge in [0.1, 0.15) is 5.76 Å². The van der Waals surface area contributed by atoms with Gasteiger partial charge in [0, 0.05) is 18.2 Å². The minimum atomic E-state index is 0.636. The summed E-state index contributed by atoms with van der Waals surface area (Å²) in [5, 5.41) is 7.79. The van der Waals surface area contributed by atoms with Gasteiger partial charge in [0.25, 0.3) is 0 Å². The van der Waals surface area contributed by atoms with Gasteiger partial charge >= 0.3 is 0 Å². The first kappa shape index (κ1) is 12.2. The van der Waals surface area contributed by atoms with Crippen molar-refractivity contribution in [3.8, 4) is 0 Å². The van der Waals surface area contributed by atoms with Crippen LogP contribution >= 0.6 is 0 Å². The van der Waals surface area contributed by atoms with Crippen LogP contribution in [0, 0.1) is 19.3 Å². The molecule has 18 heavy (non-hydrogen) atoms. The van der Waals surface area contributed by atoms with Gasteiger partial charge in [-0.3, -0.25) is 0 Å². The molecule has 0 radical (unpaired) electrons. The topological polar surface area (TPSA) is 38.1 Å². The molecule has 100 valence electrons. The van der Waals surface area contributed by atoms with Crippen LogP contribution < -0.4 is 5.32 Å². The van der Waals surface area contributed by atoms with Gasteiger partial charge in [0.15, 0.2) is 0 Å². The highest BCUT2D eigenvalue weighted by atomic mass is 16.5. The van der Waals surface area contributed by atoms with Crippen molar-refractivity contribution in [3.05, 3.63) is 17.0 Å². The van der Waals surface area contributed by atoms with Crippen LogP contribution in [-0.4, -0.2) is 11.2 Å². The predicted molar refractivity (Wildman–Crippen MR) is 71.4 cm³/mol. The van der Waals surface area contributed by atoms with Crippen molar-refractivity contribution in [2.75, 3.05) is 0 Å². The Balaban J connectivity index is 1.61. The Morgan fingerprint density at radius 1 is 1.22 bits per heavy atom. The zero-order chi connectivity index (χ0) is 12.6. The molecule has 1 heterocycles. The van der Waals surface area contributed by atoms with Crippen LogP contribution in [0.1, 0.15) is 62.0 Å². The molecule has 2 aliphatic rings. The molecule has 0 saturated heterocycles. The molecule has 0 aromatic carbocycles. The molecular weight excluding hydrogens is 224 g/mol. The summed E-state index contributed by atoms with van der Waals surface area (Å²) >= 11 is 0. The van der Waals surface area contributed by atoms with Crippen molar-refractivity contribution in [2.24, 2.45) is 5.41 Å². The van der Waals surface area contributed by atoms with Gasteiger partial charge in [0.05, 0.1) is 5.69 Å². The number of nitrogens with one attached hydrogen (secondary N) is 1. The van der Waals surface area contributed by atoms with E-state index in [1.807, 2.05) is 13.8 Å². The SMILES string of the molecule is Cc1noc(C)c1CNC1CCC12CCCCC2. The maximum Gasteiger partial charge on any atom is 0.138 e. The van der Waals surface area contributed by atoms with Crippen LogP contribution in [0.3, 0.4) is 0 Å². The Morgan fingerprint density at radius 3 is 2.56 bits per heavy atom. The fraction of sp³-hybridized carbons (Fsp3) is 0.800. The fourth-order valence-corrected chi connectivity index (χ4v) is 3.85. The lowest BCUT2D eigenvalue weighted by molar-refractivity contribution is 0.0221. The second-order valence-corrected chi connectivity index (χ2v) is 6.20. The molecule has 2 saturated carbocycles. The highest BCUT2D eigenvalue weighted by molar-refractivity contribution is 5.20. The molecule has 0 aliphatic heterocycles.